The van der Waals surface area contributed by atoms with Crippen LogP contribution >= 0.6 is 0 Å². The molecule has 0 unspecified atom stereocenters. The molecule has 0 aliphatic carbocycles. The van der Waals surface area contributed by atoms with Crippen LogP contribution in [-0.2, 0) is 0 Å². The van der Waals surface area contributed by atoms with E-state index >= 15 is 0 Å². The maximum atomic E-state index is 3.10. The average molecular weight is 125 g/mol. The summed E-state index contributed by atoms with van der Waals surface area (Å²) in [7, 11) is 1.94. The molecule has 9 heavy (non-hydrogen) atoms. The molecule has 0 saturated carbocycles. The predicted octanol–water partition coefficient (Wildman–Crippen LogP) is 2.08. The smallest absolute Gasteiger partial charge is 0.0101 e. The van der Waals surface area contributed by atoms with Gasteiger partial charge in [-0.05, 0) is 19.4 Å². The largest absolute Gasteiger partial charge is 0.391 e. The van der Waals surface area contributed by atoms with Crippen molar-refractivity contribution in [3.8, 4) is 0 Å². The zero-order chi connectivity index (χ0) is 7.11. The quantitative estimate of drug-likeness (QED) is 0.569. The third-order valence-electron chi connectivity index (χ3n) is 1.19. The number of hydrogen-bond acceptors (Lipinski definition) is 1. The molecule has 1 heteroatoms. The zero-order valence-electron chi connectivity index (χ0n) is 6.44. The first kappa shape index (κ1) is 8.28. The maximum absolute atomic E-state index is 3.10. The lowest BCUT2D eigenvalue weighted by Crippen LogP contribution is -2.03. The molecule has 1 N–H and O–H groups in total. The van der Waals surface area contributed by atoms with Crippen LogP contribution in [-0.4, -0.2) is 7.05 Å². The van der Waals surface area contributed by atoms with Crippen molar-refractivity contribution in [1.29, 1.82) is 0 Å². The summed E-state index contributed by atoms with van der Waals surface area (Å²) in [4.78, 5) is 0. The molecule has 0 aromatic heterocycles. The summed E-state index contributed by atoms with van der Waals surface area (Å²) in [6.07, 6.45) is 7.21. The summed E-state index contributed by atoms with van der Waals surface area (Å²) in [5.74, 6) is 0. The SMILES string of the molecule is C/C=C\C=C(\CC)NC. The van der Waals surface area contributed by atoms with Crippen molar-refractivity contribution >= 4 is 0 Å². The first-order valence-corrected chi connectivity index (χ1v) is 3.34. The van der Waals surface area contributed by atoms with Gasteiger partial charge in [0, 0.05) is 12.7 Å². The van der Waals surface area contributed by atoms with Crippen LogP contribution in [0.25, 0.3) is 0 Å². The van der Waals surface area contributed by atoms with Gasteiger partial charge in [0.15, 0.2) is 0 Å². The molecular weight excluding hydrogens is 110 g/mol. The fourth-order valence-corrected chi connectivity index (χ4v) is 0.590. The van der Waals surface area contributed by atoms with Crippen LogP contribution in [0.3, 0.4) is 0 Å². The summed E-state index contributed by atoms with van der Waals surface area (Å²) in [6, 6.07) is 0. The van der Waals surface area contributed by atoms with E-state index in [2.05, 4.69) is 18.3 Å². The summed E-state index contributed by atoms with van der Waals surface area (Å²) < 4.78 is 0. The second-order valence-corrected chi connectivity index (χ2v) is 1.82. The van der Waals surface area contributed by atoms with Crippen LogP contribution in [0.4, 0.5) is 0 Å². The van der Waals surface area contributed by atoms with Crippen molar-refractivity contribution in [1.82, 2.24) is 5.32 Å². The average Bonchev–Trinajstić information content (AvgIpc) is 1.91. The van der Waals surface area contributed by atoms with Crippen molar-refractivity contribution in [2.24, 2.45) is 0 Å². The molecule has 1 nitrogen and oxygen atoms in total. The first-order chi connectivity index (χ1) is 4.35. The van der Waals surface area contributed by atoms with Gasteiger partial charge in [-0.1, -0.05) is 19.1 Å². The standard InChI is InChI=1S/C8H15N/c1-4-6-7-8(5-2)9-3/h4,6-7,9H,5H2,1-3H3/b6-4-,8-7-. The van der Waals surface area contributed by atoms with Gasteiger partial charge in [-0.2, -0.15) is 0 Å². The summed E-state index contributed by atoms with van der Waals surface area (Å²) >= 11 is 0. The molecule has 0 aliphatic rings. The minimum atomic E-state index is 1.07. The van der Waals surface area contributed by atoms with E-state index in [0.717, 1.165) is 6.42 Å². The Morgan fingerprint density at radius 1 is 1.56 bits per heavy atom. The first-order valence-electron chi connectivity index (χ1n) is 3.34. The predicted molar refractivity (Wildman–Crippen MR) is 42.2 cm³/mol. The van der Waals surface area contributed by atoms with Crippen LogP contribution in [0.2, 0.25) is 0 Å². The van der Waals surface area contributed by atoms with Crippen molar-refractivity contribution in [2.75, 3.05) is 7.05 Å². The van der Waals surface area contributed by atoms with Gasteiger partial charge in [0.2, 0.25) is 0 Å². The van der Waals surface area contributed by atoms with Crippen LogP contribution in [0.5, 0.6) is 0 Å². The van der Waals surface area contributed by atoms with Crippen molar-refractivity contribution in [2.45, 2.75) is 20.3 Å². The third-order valence-corrected chi connectivity index (χ3v) is 1.19. The van der Waals surface area contributed by atoms with Crippen molar-refractivity contribution in [3.05, 3.63) is 23.9 Å². The van der Waals surface area contributed by atoms with E-state index in [1.54, 1.807) is 0 Å². The Morgan fingerprint density at radius 3 is 2.56 bits per heavy atom. The molecular formula is C8H15N. The molecule has 0 radical (unpaired) electrons. The molecule has 0 aromatic carbocycles. The minimum Gasteiger partial charge on any atom is -0.391 e. The maximum Gasteiger partial charge on any atom is 0.0101 e. The molecule has 0 saturated heterocycles. The van der Waals surface area contributed by atoms with Crippen LogP contribution in [0.15, 0.2) is 23.9 Å². The highest BCUT2D eigenvalue weighted by Crippen LogP contribution is 1.93. The topological polar surface area (TPSA) is 12.0 Å². The second kappa shape index (κ2) is 5.42. The van der Waals surface area contributed by atoms with Crippen molar-refractivity contribution < 1.29 is 0 Å². The van der Waals surface area contributed by atoms with Gasteiger partial charge < -0.3 is 5.32 Å². The fraction of sp³-hybridized carbons (Fsp3) is 0.500. The van der Waals surface area contributed by atoms with Gasteiger partial charge in [0.1, 0.15) is 0 Å². The molecule has 0 rings (SSSR count). The highest BCUT2D eigenvalue weighted by molar-refractivity contribution is 5.09. The molecule has 0 atom stereocenters. The van der Waals surface area contributed by atoms with Gasteiger partial charge in [-0.15, -0.1) is 0 Å². The summed E-state index contributed by atoms with van der Waals surface area (Å²) in [5, 5.41) is 3.10. The molecule has 52 valence electrons. The van der Waals surface area contributed by atoms with E-state index in [9.17, 15) is 0 Å². The number of rotatable bonds is 3. The summed E-state index contributed by atoms with van der Waals surface area (Å²) in [6.45, 7) is 4.14. The Kier molecular flexibility index (Phi) is 4.98. The molecule has 0 aromatic rings. The van der Waals surface area contributed by atoms with Gasteiger partial charge in [0.05, 0.1) is 0 Å². The summed E-state index contributed by atoms with van der Waals surface area (Å²) in [5.41, 5.74) is 1.27. The molecule has 0 fully saturated rings. The van der Waals surface area contributed by atoms with Crippen molar-refractivity contribution in [3.63, 3.8) is 0 Å². The monoisotopic (exact) mass is 125 g/mol. The Bertz CT molecular complexity index is 106. The molecule has 0 heterocycles. The Balaban J connectivity index is 3.75. The van der Waals surface area contributed by atoms with E-state index in [1.165, 1.54) is 5.70 Å². The van der Waals surface area contributed by atoms with E-state index in [4.69, 9.17) is 0 Å². The number of nitrogens with one attached hydrogen (secondary N) is 1. The Morgan fingerprint density at radius 2 is 2.22 bits per heavy atom. The zero-order valence-corrected chi connectivity index (χ0v) is 6.44. The van der Waals surface area contributed by atoms with E-state index < -0.39 is 0 Å². The molecule has 0 bridgehead atoms. The number of allylic oxidation sites excluding steroid dienone is 4. The highest BCUT2D eigenvalue weighted by atomic mass is 14.8. The second-order valence-electron chi connectivity index (χ2n) is 1.82. The van der Waals surface area contributed by atoms with Crippen LogP contribution in [0, 0.1) is 0 Å². The third kappa shape index (κ3) is 3.83. The van der Waals surface area contributed by atoms with Gasteiger partial charge in [0.25, 0.3) is 0 Å². The minimum absolute atomic E-state index is 1.07. The Hall–Kier alpha value is -0.720. The molecule has 0 aliphatic heterocycles. The van der Waals surface area contributed by atoms with Gasteiger partial charge in [-0.3, -0.25) is 0 Å². The Labute approximate surface area is 57.5 Å². The van der Waals surface area contributed by atoms with E-state index in [1.807, 2.05) is 26.1 Å². The lowest BCUT2D eigenvalue weighted by Gasteiger charge is -1.98. The van der Waals surface area contributed by atoms with Crippen LogP contribution < -0.4 is 5.32 Å². The normalized spacial score (nSPS) is 12.6. The fourth-order valence-electron chi connectivity index (χ4n) is 0.590. The lowest BCUT2D eigenvalue weighted by atomic mass is 10.3. The van der Waals surface area contributed by atoms with Gasteiger partial charge >= 0.3 is 0 Å². The number of hydrogen-bond donors (Lipinski definition) is 1. The van der Waals surface area contributed by atoms with E-state index in [-0.39, 0.29) is 0 Å². The van der Waals surface area contributed by atoms with E-state index in [0.29, 0.717) is 0 Å². The lowest BCUT2D eigenvalue weighted by molar-refractivity contribution is 0.901. The van der Waals surface area contributed by atoms with Crippen LogP contribution in [0.1, 0.15) is 20.3 Å². The van der Waals surface area contributed by atoms with Gasteiger partial charge in [-0.25, -0.2) is 0 Å². The highest BCUT2D eigenvalue weighted by Gasteiger charge is 1.81. The molecule has 0 amide bonds. The molecule has 0 spiro atoms.